The number of carbonyl (C=O) groups is 1. The fraction of sp³-hybridized carbons (Fsp3) is 0.857. The fourth-order valence-electron chi connectivity index (χ4n) is 1.21. The minimum Gasteiger partial charge on any atom is -0.371 e. The summed E-state index contributed by atoms with van der Waals surface area (Å²) in [5.41, 5.74) is 0. The van der Waals surface area contributed by atoms with Crippen LogP contribution in [0, 0.1) is 0 Å². The monoisotopic (exact) mass is 143 g/mol. The Labute approximate surface area is 60.9 Å². The first-order valence-corrected chi connectivity index (χ1v) is 3.79. The molecule has 3 heteroatoms. The molecule has 1 heterocycles. The Morgan fingerprint density at radius 2 is 1.70 bits per heavy atom. The van der Waals surface area contributed by atoms with Crippen molar-refractivity contribution in [2.45, 2.75) is 25.7 Å². The zero-order valence-corrected chi connectivity index (χ0v) is 6.08. The molecule has 0 aliphatic carbocycles. The molecule has 1 fully saturated rings. The minimum absolute atomic E-state index is 0.505. The maximum atomic E-state index is 9.92. The number of hydroxylamine groups is 2. The van der Waals surface area contributed by atoms with E-state index >= 15 is 0 Å². The molecule has 0 amide bonds. The van der Waals surface area contributed by atoms with Gasteiger partial charge in [0.2, 0.25) is 0 Å². The quantitative estimate of drug-likeness (QED) is 0.539. The van der Waals surface area contributed by atoms with Crippen LogP contribution >= 0.6 is 0 Å². The third-order valence-corrected chi connectivity index (χ3v) is 1.76. The summed E-state index contributed by atoms with van der Waals surface area (Å²) < 4.78 is 0. The molecule has 10 heavy (non-hydrogen) atoms. The summed E-state index contributed by atoms with van der Waals surface area (Å²) in [6.07, 6.45) is 4.82. The third-order valence-electron chi connectivity index (χ3n) is 1.76. The maximum Gasteiger partial charge on any atom is 0.312 e. The third kappa shape index (κ3) is 2.35. The minimum atomic E-state index is 0.505. The van der Waals surface area contributed by atoms with Crippen molar-refractivity contribution >= 4 is 6.47 Å². The molecular formula is C7H13NO2. The molecule has 1 aliphatic heterocycles. The van der Waals surface area contributed by atoms with Crippen molar-refractivity contribution in [1.82, 2.24) is 5.06 Å². The van der Waals surface area contributed by atoms with Crippen LogP contribution in [0.1, 0.15) is 25.7 Å². The summed E-state index contributed by atoms with van der Waals surface area (Å²) in [6.45, 7) is 2.31. The summed E-state index contributed by atoms with van der Waals surface area (Å²) in [5, 5.41) is 1.74. The van der Waals surface area contributed by atoms with Crippen LogP contribution in [0.5, 0.6) is 0 Å². The van der Waals surface area contributed by atoms with E-state index in [9.17, 15) is 4.79 Å². The molecule has 1 aliphatic rings. The van der Waals surface area contributed by atoms with Gasteiger partial charge in [-0.1, -0.05) is 12.8 Å². The van der Waals surface area contributed by atoms with Crippen molar-refractivity contribution in [1.29, 1.82) is 0 Å². The van der Waals surface area contributed by atoms with E-state index in [0.717, 1.165) is 25.9 Å². The van der Waals surface area contributed by atoms with Crippen LogP contribution in [-0.2, 0) is 9.63 Å². The summed E-state index contributed by atoms with van der Waals surface area (Å²) >= 11 is 0. The second-order valence-corrected chi connectivity index (χ2v) is 2.54. The SMILES string of the molecule is O=CON1CCCCCC1. The topological polar surface area (TPSA) is 29.5 Å². The lowest BCUT2D eigenvalue weighted by Crippen LogP contribution is -2.24. The molecule has 0 aromatic heterocycles. The van der Waals surface area contributed by atoms with Gasteiger partial charge in [-0.15, -0.1) is 5.06 Å². The first-order valence-electron chi connectivity index (χ1n) is 3.79. The highest BCUT2D eigenvalue weighted by molar-refractivity contribution is 5.36. The van der Waals surface area contributed by atoms with Gasteiger partial charge in [0.15, 0.2) is 0 Å². The van der Waals surface area contributed by atoms with Gasteiger partial charge in [0.1, 0.15) is 0 Å². The molecule has 1 saturated heterocycles. The number of hydrogen-bond acceptors (Lipinski definition) is 3. The predicted molar refractivity (Wildman–Crippen MR) is 37.2 cm³/mol. The van der Waals surface area contributed by atoms with Crippen LogP contribution in [0.25, 0.3) is 0 Å². The molecule has 0 aromatic rings. The standard InChI is InChI=1S/C7H13NO2/c9-7-10-8-5-3-1-2-4-6-8/h7H,1-6H2. The molecule has 3 nitrogen and oxygen atoms in total. The Hall–Kier alpha value is -0.570. The van der Waals surface area contributed by atoms with Crippen LogP contribution in [0.4, 0.5) is 0 Å². The Balaban J connectivity index is 2.21. The van der Waals surface area contributed by atoms with E-state index in [0.29, 0.717) is 6.47 Å². The molecule has 0 atom stereocenters. The van der Waals surface area contributed by atoms with Crippen LogP contribution in [0.3, 0.4) is 0 Å². The van der Waals surface area contributed by atoms with Gasteiger partial charge in [-0.25, -0.2) is 0 Å². The molecule has 0 N–H and O–H groups in total. The Bertz CT molecular complexity index is 97.8. The smallest absolute Gasteiger partial charge is 0.312 e. The van der Waals surface area contributed by atoms with Crippen molar-refractivity contribution in [3.8, 4) is 0 Å². The van der Waals surface area contributed by atoms with Crippen molar-refractivity contribution < 1.29 is 9.63 Å². The van der Waals surface area contributed by atoms with Gasteiger partial charge in [-0.05, 0) is 12.8 Å². The summed E-state index contributed by atoms with van der Waals surface area (Å²) in [7, 11) is 0. The average Bonchev–Trinajstić information content (AvgIpc) is 2.17. The highest BCUT2D eigenvalue weighted by atomic mass is 16.7. The van der Waals surface area contributed by atoms with Crippen molar-refractivity contribution in [2.75, 3.05) is 13.1 Å². The van der Waals surface area contributed by atoms with E-state index in [1.165, 1.54) is 12.8 Å². The Morgan fingerprint density at radius 3 is 2.20 bits per heavy atom. The number of hydrogen-bond donors (Lipinski definition) is 0. The van der Waals surface area contributed by atoms with Crippen molar-refractivity contribution in [3.63, 3.8) is 0 Å². The van der Waals surface area contributed by atoms with Gasteiger partial charge in [0, 0.05) is 13.1 Å². The van der Waals surface area contributed by atoms with Gasteiger partial charge in [-0.2, -0.15) is 0 Å². The molecule has 0 aromatic carbocycles. The lowest BCUT2D eigenvalue weighted by Gasteiger charge is -2.14. The first-order chi connectivity index (χ1) is 4.93. The van der Waals surface area contributed by atoms with E-state index in [4.69, 9.17) is 4.84 Å². The van der Waals surface area contributed by atoms with Gasteiger partial charge in [-0.3, -0.25) is 4.79 Å². The number of carbonyl (C=O) groups excluding carboxylic acids is 1. The zero-order valence-electron chi connectivity index (χ0n) is 6.08. The van der Waals surface area contributed by atoms with Gasteiger partial charge < -0.3 is 4.84 Å². The highest BCUT2D eigenvalue weighted by Gasteiger charge is 2.07. The van der Waals surface area contributed by atoms with Crippen LogP contribution in [-0.4, -0.2) is 24.6 Å². The molecule has 1 rings (SSSR count). The summed E-state index contributed by atoms with van der Waals surface area (Å²) in [5.74, 6) is 0. The molecule has 0 unspecified atom stereocenters. The molecule has 0 radical (unpaired) electrons. The second kappa shape index (κ2) is 4.28. The van der Waals surface area contributed by atoms with E-state index in [2.05, 4.69) is 0 Å². The zero-order chi connectivity index (χ0) is 7.23. The summed E-state index contributed by atoms with van der Waals surface area (Å²) in [4.78, 5) is 14.6. The van der Waals surface area contributed by atoms with E-state index < -0.39 is 0 Å². The van der Waals surface area contributed by atoms with E-state index in [-0.39, 0.29) is 0 Å². The molecular weight excluding hydrogens is 130 g/mol. The van der Waals surface area contributed by atoms with Gasteiger partial charge in [0.05, 0.1) is 0 Å². The predicted octanol–water partition coefficient (Wildman–Crippen LogP) is 0.950. The summed E-state index contributed by atoms with van der Waals surface area (Å²) in [6, 6.07) is 0. The second-order valence-electron chi connectivity index (χ2n) is 2.54. The molecule has 58 valence electrons. The Morgan fingerprint density at radius 1 is 1.10 bits per heavy atom. The first kappa shape index (κ1) is 7.54. The fourth-order valence-corrected chi connectivity index (χ4v) is 1.21. The molecule has 0 spiro atoms. The maximum absolute atomic E-state index is 9.92. The molecule has 0 saturated carbocycles. The Kier molecular flexibility index (Phi) is 3.22. The molecule has 0 bridgehead atoms. The van der Waals surface area contributed by atoms with Crippen molar-refractivity contribution in [2.24, 2.45) is 0 Å². The van der Waals surface area contributed by atoms with E-state index in [1.807, 2.05) is 0 Å². The van der Waals surface area contributed by atoms with Crippen LogP contribution in [0.2, 0.25) is 0 Å². The largest absolute Gasteiger partial charge is 0.371 e. The number of nitrogens with zero attached hydrogens (tertiary/aromatic N) is 1. The lowest BCUT2D eigenvalue weighted by molar-refractivity contribution is -0.173. The van der Waals surface area contributed by atoms with Gasteiger partial charge >= 0.3 is 6.47 Å². The number of rotatable bonds is 2. The van der Waals surface area contributed by atoms with E-state index in [1.54, 1.807) is 5.06 Å². The average molecular weight is 143 g/mol. The normalized spacial score (nSPS) is 21.6. The lowest BCUT2D eigenvalue weighted by atomic mass is 10.2. The van der Waals surface area contributed by atoms with Gasteiger partial charge in [0.25, 0.3) is 0 Å². The highest BCUT2D eigenvalue weighted by Crippen LogP contribution is 2.08. The van der Waals surface area contributed by atoms with Crippen LogP contribution < -0.4 is 0 Å². The van der Waals surface area contributed by atoms with Crippen molar-refractivity contribution in [3.05, 3.63) is 0 Å². The van der Waals surface area contributed by atoms with Crippen LogP contribution in [0.15, 0.2) is 0 Å².